The van der Waals surface area contributed by atoms with Gasteiger partial charge in [-0.1, -0.05) is 30.3 Å². The summed E-state index contributed by atoms with van der Waals surface area (Å²) in [6.45, 7) is 0. The summed E-state index contributed by atoms with van der Waals surface area (Å²) >= 11 is 0. The molecular weight excluding hydrogens is 254 g/mol. The Bertz CT molecular complexity index is 413. The maximum atomic E-state index is 12.0. The van der Waals surface area contributed by atoms with E-state index in [0.29, 0.717) is 12.1 Å². The molecule has 1 aromatic carbocycles. The third-order valence-corrected chi connectivity index (χ3v) is 3.98. The summed E-state index contributed by atoms with van der Waals surface area (Å²) < 4.78 is 10.3. The van der Waals surface area contributed by atoms with Crippen LogP contribution in [0.3, 0.4) is 0 Å². The minimum Gasteiger partial charge on any atom is -0.468 e. The average Bonchev–Trinajstić information content (AvgIpc) is 2.53. The molecule has 0 aliphatic heterocycles. The highest BCUT2D eigenvalue weighted by molar-refractivity contribution is 5.77. The van der Waals surface area contributed by atoms with E-state index in [1.54, 1.807) is 7.11 Å². The fraction of sp³-hybridized carbons (Fsp3) is 0.562. The number of carbonyl (C=O) groups is 1. The molecule has 0 spiro atoms. The number of methoxy groups -OCH3 is 2. The molecule has 1 unspecified atom stereocenters. The number of ether oxygens (including phenoxy) is 2. The van der Waals surface area contributed by atoms with Gasteiger partial charge in [0.15, 0.2) is 0 Å². The second kappa shape index (κ2) is 7.41. The van der Waals surface area contributed by atoms with Gasteiger partial charge in [-0.05, 0) is 31.2 Å². The Labute approximate surface area is 120 Å². The van der Waals surface area contributed by atoms with Crippen LogP contribution in [0.4, 0.5) is 0 Å². The van der Waals surface area contributed by atoms with Crippen LogP contribution in [0.25, 0.3) is 0 Å². The molecule has 1 aliphatic carbocycles. The zero-order chi connectivity index (χ0) is 14.4. The molecule has 0 aromatic heterocycles. The van der Waals surface area contributed by atoms with Gasteiger partial charge in [0.1, 0.15) is 6.04 Å². The normalized spacial score (nSPS) is 24.1. The summed E-state index contributed by atoms with van der Waals surface area (Å²) in [6, 6.07) is 9.69. The fourth-order valence-corrected chi connectivity index (χ4v) is 2.76. The number of hydrogen-bond donors (Lipinski definition) is 1. The van der Waals surface area contributed by atoms with Gasteiger partial charge in [-0.2, -0.15) is 0 Å². The monoisotopic (exact) mass is 277 g/mol. The van der Waals surface area contributed by atoms with Crippen LogP contribution in [-0.4, -0.2) is 32.3 Å². The predicted molar refractivity (Wildman–Crippen MR) is 77.4 cm³/mol. The molecular formula is C16H23NO3. The van der Waals surface area contributed by atoms with E-state index in [4.69, 9.17) is 9.47 Å². The van der Waals surface area contributed by atoms with Crippen molar-refractivity contribution < 1.29 is 14.3 Å². The second-order valence-electron chi connectivity index (χ2n) is 5.24. The molecule has 0 saturated heterocycles. The van der Waals surface area contributed by atoms with Crippen LogP contribution in [-0.2, 0) is 14.3 Å². The van der Waals surface area contributed by atoms with E-state index < -0.39 is 0 Å². The number of benzene rings is 1. The minimum atomic E-state index is -0.384. The van der Waals surface area contributed by atoms with E-state index in [-0.39, 0.29) is 12.0 Å². The average molecular weight is 277 g/mol. The summed E-state index contributed by atoms with van der Waals surface area (Å²) in [5.41, 5.74) is 0.952. The van der Waals surface area contributed by atoms with Crippen molar-refractivity contribution in [2.45, 2.75) is 43.9 Å². The molecule has 4 nitrogen and oxygen atoms in total. The lowest BCUT2D eigenvalue weighted by atomic mass is 9.91. The van der Waals surface area contributed by atoms with Gasteiger partial charge in [-0.25, -0.2) is 4.79 Å². The third kappa shape index (κ3) is 3.81. The number of rotatable bonds is 5. The molecule has 1 saturated carbocycles. The zero-order valence-electron chi connectivity index (χ0n) is 12.2. The molecule has 2 rings (SSSR count). The van der Waals surface area contributed by atoms with Gasteiger partial charge >= 0.3 is 5.97 Å². The highest BCUT2D eigenvalue weighted by Gasteiger charge is 2.27. The van der Waals surface area contributed by atoms with Crippen LogP contribution in [0.2, 0.25) is 0 Å². The van der Waals surface area contributed by atoms with Gasteiger partial charge < -0.3 is 9.47 Å². The van der Waals surface area contributed by atoms with E-state index in [1.807, 2.05) is 30.3 Å². The molecule has 1 aromatic rings. The largest absolute Gasteiger partial charge is 0.468 e. The van der Waals surface area contributed by atoms with Crippen molar-refractivity contribution in [2.75, 3.05) is 14.2 Å². The Morgan fingerprint density at radius 2 is 1.80 bits per heavy atom. The molecule has 1 atom stereocenters. The first-order chi connectivity index (χ1) is 9.74. The highest BCUT2D eigenvalue weighted by Crippen LogP contribution is 2.24. The summed E-state index contributed by atoms with van der Waals surface area (Å²) in [5, 5.41) is 3.44. The Balaban J connectivity index is 2.00. The quantitative estimate of drug-likeness (QED) is 0.840. The maximum Gasteiger partial charge on any atom is 0.327 e. The number of carbonyl (C=O) groups excluding carboxylic acids is 1. The second-order valence-corrected chi connectivity index (χ2v) is 5.24. The molecule has 20 heavy (non-hydrogen) atoms. The van der Waals surface area contributed by atoms with Crippen molar-refractivity contribution >= 4 is 5.97 Å². The summed E-state index contributed by atoms with van der Waals surface area (Å²) in [5.74, 6) is -0.231. The van der Waals surface area contributed by atoms with Gasteiger partial charge in [0, 0.05) is 13.2 Å². The standard InChI is InChI=1S/C16H23NO3/c1-19-14-10-8-13(9-11-14)17-15(16(18)20-2)12-6-4-3-5-7-12/h3-7,13-15,17H,8-11H2,1-2H3. The molecule has 0 radical (unpaired) electrons. The highest BCUT2D eigenvalue weighted by atomic mass is 16.5. The van der Waals surface area contributed by atoms with Gasteiger partial charge in [-0.15, -0.1) is 0 Å². The fourth-order valence-electron chi connectivity index (χ4n) is 2.76. The lowest BCUT2D eigenvalue weighted by Gasteiger charge is -2.31. The van der Waals surface area contributed by atoms with Crippen LogP contribution in [0.1, 0.15) is 37.3 Å². The van der Waals surface area contributed by atoms with E-state index in [2.05, 4.69) is 5.32 Å². The van der Waals surface area contributed by atoms with E-state index in [0.717, 1.165) is 31.2 Å². The first-order valence-corrected chi connectivity index (χ1v) is 7.16. The van der Waals surface area contributed by atoms with Crippen molar-refractivity contribution in [3.05, 3.63) is 35.9 Å². The first-order valence-electron chi connectivity index (χ1n) is 7.16. The Morgan fingerprint density at radius 3 is 2.35 bits per heavy atom. The molecule has 0 amide bonds. The van der Waals surface area contributed by atoms with E-state index in [1.165, 1.54) is 7.11 Å². The van der Waals surface area contributed by atoms with Gasteiger partial charge in [0.25, 0.3) is 0 Å². The van der Waals surface area contributed by atoms with Crippen LogP contribution in [0, 0.1) is 0 Å². The summed E-state index contributed by atoms with van der Waals surface area (Å²) in [7, 11) is 3.20. The van der Waals surface area contributed by atoms with Crippen LogP contribution < -0.4 is 5.32 Å². The van der Waals surface area contributed by atoms with Crippen LogP contribution in [0.5, 0.6) is 0 Å². The molecule has 110 valence electrons. The zero-order valence-corrected chi connectivity index (χ0v) is 12.2. The van der Waals surface area contributed by atoms with Crippen molar-refractivity contribution in [2.24, 2.45) is 0 Å². The Kier molecular flexibility index (Phi) is 5.56. The van der Waals surface area contributed by atoms with Crippen molar-refractivity contribution in [1.29, 1.82) is 0 Å². The maximum absolute atomic E-state index is 12.0. The number of hydrogen-bond acceptors (Lipinski definition) is 4. The van der Waals surface area contributed by atoms with Crippen molar-refractivity contribution in [3.63, 3.8) is 0 Å². The smallest absolute Gasteiger partial charge is 0.327 e. The van der Waals surface area contributed by atoms with E-state index >= 15 is 0 Å². The van der Waals surface area contributed by atoms with Gasteiger partial charge in [0.05, 0.1) is 13.2 Å². The lowest BCUT2D eigenvalue weighted by Crippen LogP contribution is -2.40. The molecule has 0 heterocycles. The summed E-state index contributed by atoms with van der Waals surface area (Å²) in [4.78, 5) is 12.0. The minimum absolute atomic E-state index is 0.231. The summed E-state index contributed by atoms with van der Waals surface area (Å²) in [6.07, 6.45) is 4.49. The molecule has 1 aliphatic rings. The van der Waals surface area contributed by atoms with Crippen LogP contribution >= 0.6 is 0 Å². The predicted octanol–water partition coefficient (Wildman–Crippen LogP) is 2.45. The van der Waals surface area contributed by atoms with Crippen molar-refractivity contribution in [1.82, 2.24) is 5.32 Å². The van der Waals surface area contributed by atoms with Crippen molar-refractivity contribution in [3.8, 4) is 0 Å². The molecule has 1 N–H and O–H groups in total. The third-order valence-electron chi connectivity index (χ3n) is 3.98. The number of esters is 1. The van der Waals surface area contributed by atoms with Gasteiger partial charge in [0.2, 0.25) is 0 Å². The lowest BCUT2D eigenvalue weighted by molar-refractivity contribution is -0.143. The molecule has 4 heteroatoms. The SMILES string of the molecule is COC(=O)C(NC1CCC(OC)CC1)c1ccccc1. The molecule has 1 fully saturated rings. The van der Waals surface area contributed by atoms with Crippen LogP contribution in [0.15, 0.2) is 30.3 Å². The Morgan fingerprint density at radius 1 is 1.15 bits per heavy atom. The first kappa shape index (κ1) is 15.0. The van der Waals surface area contributed by atoms with E-state index in [9.17, 15) is 4.79 Å². The number of nitrogens with one attached hydrogen (secondary N) is 1. The topological polar surface area (TPSA) is 47.6 Å². The molecule has 0 bridgehead atoms. The van der Waals surface area contributed by atoms with Gasteiger partial charge in [-0.3, -0.25) is 5.32 Å². The Hall–Kier alpha value is -1.39.